The maximum Gasteiger partial charge on any atom is 0.343 e. The number of nitrogens with one attached hydrogen (secondary N) is 2. The third-order valence-corrected chi connectivity index (χ3v) is 5.45. The van der Waals surface area contributed by atoms with Crippen molar-refractivity contribution in [1.29, 1.82) is 0 Å². The van der Waals surface area contributed by atoms with Crippen molar-refractivity contribution in [2.24, 2.45) is 5.92 Å². The number of anilines is 1. The Morgan fingerprint density at radius 1 is 1.35 bits per heavy atom. The van der Waals surface area contributed by atoms with Gasteiger partial charge in [0.25, 0.3) is 0 Å². The summed E-state index contributed by atoms with van der Waals surface area (Å²) in [5.41, 5.74) is 0.464. The average Bonchev–Trinajstić information content (AvgIpc) is 2.97. The van der Waals surface area contributed by atoms with Gasteiger partial charge in [-0.2, -0.15) is 0 Å². The van der Waals surface area contributed by atoms with Crippen molar-refractivity contribution in [3.63, 3.8) is 0 Å². The maximum absolute atomic E-state index is 12.8. The van der Waals surface area contributed by atoms with Crippen LogP contribution in [-0.2, 0) is 11.3 Å². The summed E-state index contributed by atoms with van der Waals surface area (Å²) < 4.78 is 6.73. The van der Waals surface area contributed by atoms with Crippen LogP contribution in [0.3, 0.4) is 0 Å². The van der Waals surface area contributed by atoms with Gasteiger partial charge in [-0.05, 0) is 36.6 Å². The molecule has 0 bridgehead atoms. The van der Waals surface area contributed by atoms with Gasteiger partial charge in [-0.3, -0.25) is 9.36 Å². The zero-order valence-electron chi connectivity index (χ0n) is 15.6. The fourth-order valence-corrected chi connectivity index (χ4v) is 3.47. The van der Waals surface area contributed by atoms with Gasteiger partial charge in [0.15, 0.2) is 5.16 Å². The van der Waals surface area contributed by atoms with Gasteiger partial charge in [-0.25, -0.2) is 9.89 Å². The van der Waals surface area contributed by atoms with Gasteiger partial charge < -0.3 is 10.1 Å². The molecule has 7 nitrogen and oxygen atoms in total. The SMILES string of the molecule is CCCCn1c(SC(C(=O)Nc2ccc(OC)cc2)C(C)C)n[nH]c1=O. The molecule has 0 saturated heterocycles. The summed E-state index contributed by atoms with van der Waals surface area (Å²) in [5, 5.41) is 9.68. The Hall–Kier alpha value is -2.22. The first-order valence-corrected chi connectivity index (χ1v) is 9.61. The Labute approximate surface area is 157 Å². The van der Waals surface area contributed by atoms with E-state index in [1.54, 1.807) is 35.9 Å². The molecule has 1 heterocycles. The lowest BCUT2D eigenvalue weighted by Crippen LogP contribution is -2.30. The molecule has 0 aliphatic rings. The van der Waals surface area contributed by atoms with Crippen LogP contribution in [0.4, 0.5) is 5.69 Å². The Balaban J connectivity index is 2.13. The van der Waals surface area contributed by atoms with Crippen LogP contribution in [0.2, 0.25) is 0 Å². The first-order valence-electron chi connectivity index (χ1n) is 8.73. The number of rotatable bonds is 9. The van der Waals surface area contributed by atoms with Gasteiger partial charge >= 0.3 is 5.69 Å². The molecule has 2 N–H and O–H groups in total. The molecule has 0 fully saturated rings. The summed E-state index contributed by atoms with van der Waals surface area (Å²) in [5.74, 6) is 0.687. The van der Waals surface area contributed by atoms with Crippen LogP contribution >= 0.6 is 11.8 Å². The highest BCUT2D eigenvalue weighted by molar-refractivity contribution is 8.00. The number of amides is 1. The van der Waals surface area contributed by atoms with Gasteiger partial charge in [0.05, 0.1) is 12.4 Å². The molecule has 0 aliphatic carbocycles. The van der Waals surface area contributed by atoms with Crippen LogP contribution in [0, 0.1) is 5.92 Å². The number of aromatic nitrogens is 3. The first-order chi connectivity index (χ1) is 12.5. The predicted octanol–water partition coefficient (Wildman–Crippen LogP) is 3.14. The number of methoxy groups -OCH3 is 1. The normalized spacial score (nSPS) is 12.2. The number of hydrogen-bond donors (Lipinski definition) is 2. The van der Waals surface area contributed by atoms with Crippen molar-refractivity contribution < 1.29 is 9.53 Å². The number of aromatic amines is 1. The summed E-state index contributed by atoms with van der Waals surface area (Å²) in [6.45, 7) is 6.62. The minimum atomic E-state index is -0.368. The van der Waals surface area contributed by atoms with Gasteiger partial charge in [0.1, 0.15) is 5.75 Å². The summed E-state index contributed by atoms with van der Waals surface area (Å²) >= 11 is 1.31. The highest BCUT2D eigenvalue weighted by Gasteiger charge is 2.26. The molecule has 1 unspecified atom stereocenters. The Kier molecular flexibility index (Phi) is 7.32. The molecule has 1 atom stereocenters. The molecular weight excluding hydrogens is 352 g/mol. The molecule has 1 aromatic carbocycles. The van der Waals surface area contributed by atoms with Crippen LogP contribution in [0.15, 0.2) is 34.2 Å². The number of nitrogens with zero attached hydrogens (tertiary/aromatic N) is 2. The van der Waals surface area contributed by atoms with Crippen LogP contribution < -0.4 is 15.7 Å². The number of carbonyl (C=O) groups is 1. The fraction of sp³-hybridized carbons (Fsp3) is 0.500. The van der Waals surface area contributed by atoms with Crippen molar-refractivity contribution in [3.8, 4) is 5.75 Å². The smallest absolute Gasteiger partial charge is 0.343 e. The molecular formula is C18H26N4O3S. The third-order valence-electron chi connectivity index (χ3n) is 3.91. The number of ether oxygens (including phenoxy) is 1. The lowest BCUT2D eigenvalue weighted by molar-refractivity contribution is -0.116. The highest BCUT2D eigenvalue weighted by atomic mass is 32.2. The van der Waals surface area contributed by atoms with E-state index in [-0.39, 0.29) is 22.8 Å². The van der Waals surface area contributed by atoms with Crippen LogP contribution in [0.5, 0.6) is 5.75 Å². The van der Waals surface area contributed by atoms with Crippen molar-refractivity contribution >= 4 is 23.4 Å². The highest BCUT2D eigenvalue weighted by Crippen LogP contribution is 2.27. The number of thioether (sulfide) groups is 1. The summed E-state index contributed by atoms with van der Waals surface area (Å²) in [7, 11) is 1.60. The molecule has 0 radical (unpaired) electrons. The summed E-state index contributed by atoms with van der Waals surface area (Å²) in [6.07, 6.45) is 1.87. The standard InChI is InChI=1S/C18H26N4O3S/c1-5-6-11-22-17(24)20-21-18(22)26-15(12(2)3)16(23)19-13-7-9-14(25-4)10-8-13/h7-10,12,15H,5-6,11H2,1-4H3,(H,19,23)(H,20,24). The second-order valence-corrected chi connectivity index (χ2v) is 7.43. The summed E-state index contributed by atoms with van der Waals surface area (Å²) in [6, 6.07) is 7.18. The molecule has 1 amide bonds. The minimum absolute atomic E-state index is 0.0738. The Morgan fingerprint density at radius 3 is 2.62 bits per heavy atom. The van der Waals surface area contributed by atoms with Gasteiger partial charge in [0, 0.05) is 12.2 Å². The van der Waals surface area contributed by atoms with Crippen LogP contribution in [0.25, 0.3) is 0 Å². The van der Waals surface area contributed by atoms with Crippen LogP contribution in [-0.4, -0.2) is 33.0 Å². The van der Waals surface area contributed by atoms with E-state index >= 15 is 0 Å². The molecule has 0 spiro atoms. The monoisotopic (exact) mass is 378 g/mol. The van der Waals surface area contributed by atoms with Crippen molar-refractivity contribution in [1.82, 2.24) is 14.8 Å². The van der Waals surface area contributed by atoms with E-state index in [1.807, 2.05) is 13.8 Å². The maximum atomic E-state index is 12.8. The van der Waals surface area contributed by atoms with Gasteiger partial charge in [-0.1, -0.05) is 39.0 Å². The third kappa shape index (κ3) is 5.14. The van der Waals surface area contributed by atoms with Gasteiger partial charge in [-0.15, -0.1) is 5.10 Å². The average molecular weight is 378 g/mol. The molecule has 26 heavy (non-hydrogen) atoms. The van der Waals surface area contributed by atoms with E-state index in [2.05, 4.69) is 22.4 Å². The number of benzene rings is 1. The predicted molar refractivity (Wildman–Crippen MR) is 104 cm³/mol. The van der Waals surface area contributed by atoms with Crippen molar-refractivity contribution in [3.05, 3.63) is 34.7 Å². The molecule has 1 aromatic heterocycles. The number of carbonyl (C=O) groups excluding carboxylic acids is 1. The summed E-state index contributed by atoms with van der Waals surface area (Å²) in [4.78, 5) is 24.7. The van der Waals surface area contributed by atoms with Crippen LogP contribution in [0.1, 0.15) is 33.6 Å². The zero-order valence-corrected chi connectivity index (χ0v) is 16.4. The van der Waals surface area contributed by atoms with Crippen molar-refractivity contribution in [2.45, 2.75) is 50.6 Å². The van der Waals surface area contributed by atoms with Crippen molar-refractivity contribution in [2.75, 3.05) is 12.4 Å². The van der Waals surface area contributed by atoms with E-state index in [0.29, 0.717) is 17.4 Å². The molecule has 2 aromatic rings. The Morgan fingerprint density at radius 2 is 2.04 bits per heavy atom. The lowest BCUT2D eigenvalue weighted by Gasteiger charge is -2.19. The molecule has 0 saturated carbocycles. The van der Waals surface area contributed by atoms with Gasteiger partial charge in [0.2, 0.25) is 5.91 Å². The van der Waals surface area contributed by atoms with E-state index in [1.165, 1.54) is 11.8 Å². The Bertz CT molecular complexity index is 767. The second-order valence-electron chi connectivity index (χ2n) is 6.32. The topological polar surface area (TPSA) is 89.0 Å². The van der Waals surface area contributed by atoms with E-state index in [4.69, 9.17) is 4.74 Å². The molecule has 2 rings (SSSR count). The fourth-order valence-electron chi connectivity index (χ4n) is 2.40. The minimum Gasteiger partial charge on any atom is -0.497 e. The van der Waals surface area contributed by atoms with E-state index < -0.39 is 0 Å². The quantitative estimate of drug-likeness (QED) is 0.655. The molecule has 8 heteroatoms. The molecule has 142 valence electrons. The second kappa shape index (κ2) is 9.47. The largest absolute Gasteiger partial charge is 0.497 e. The number of H-pyrrole nitrogens is 1. The number of unbranched alkanes of at least 4 members (excludes halogenated alkanes) is 1. The van der Waals surface area contributed by atoms with E-state index in [0.717, 1.165) is 18.6 Å². The lowest BCUT2D eigenvalue weighted by atomic mass is 10.1. The first kappa shape index (κ1) is 20.1. The van der Waals surface area contributed by atoms with E-state index in [9.17, 15) is 9.59 Å². The molecule has 0 aliphatic heterocycles. The zero-order chi connectivity index (χ0) is 19.1. The number of hydrogen-bond acceptors (Lipinski definition) is 5.